The number of hydrogen-bond donors (Lipinski definition) is 0. The Balaban J connectivity index is 2.02. The average molecular weight is 217 g/mol. The highest BCUT2D eigenvalue weighted by Gasteiger charge is 2.25. The average Bonchev–Trinajstić information content (AvgIpc) is 2.64. The molecule has 0 saturated heterocycles. The lowest BCUT2D eigenvalue weighted by atomic mass is 10.1. The molecule has 16 heavy (non-hydrogen) atoms. The maximum absolute atomic E-state index is 11.6. The quantitative estimate of drug-likeness (QED) is 0.776. The van der Waals surface area contributed by atoms with Gasteiger partial charge in [0.2, 0.25) is 0 Å². The number of carbonyl (C=O) groups is 1. The first-order chi connectivity index (χ1) is 7.66. The third-order valence-electron chi connectivity index (χ3n) is 3.37. The number of benzene rings is 1. The van der Waals surface area contributed by atoms with Crippen LogP contribution < -0.4 is 4.90 Å². The fraction of sp³-hybridized carbons (Fsp3) is 0.500. The Labute approximate surface area is 97.3 Å². The van der Waals surface area contributed by atoms with Crippen molar-refractivity contribution < 1.29 is 4.79 Å². The van der Waals surface area contributed by atoms with E-state index in [9.17, 15) is 4.79 Å². The predicted octanol–water partition coefficient (Wildman–Crippen LogP) is 2.80. The van der Waals surface area contributed by atoms with Gasteiger partial charge in [-0.1, -0.05) is 12.1 Å². The molecule has 1 saturated carbocycles. The topological polar surface area (TPSA) is 20.3 Å². The first-order valence-electron chi connectivity index (χ1n) is 5.97. The maximum Gasteiger partial charge on any atom is 0.137 e. The zero-order valence-corrected chi connectivity index (χ0v) is 10.1. The fourth-order valence-electron chi connectivity index (χ4n) is 2.38. The van der Waals surface area contributed by atoms with Crippen LogP contribution in [0.2, 0.25) is 0 Å². The van der Waals surface area contributed by atoms with Crippen LogP contribution in [-0.2, 0) is 4.79 Å². The standard InChI is InChI=1S/C14H19NO/c1-11-5-3-7-13(9-11)15(2)10-12-6-4-8-14(12)16/h3,5,7,9,12H,4,6,8,10H2,1-2H3. The summed E-state index contributed by atoms with van der Waals surface area (Å²) in [5.41, 5.74) is 2.47. The van der Waals surface area contributed by atoms with E-state index in [-0.39, 0.29) is 5.92 Å². The summed E-state index contributed by atoms with van der Waals surface area (Å²) >= 11 is 0. The number of rotatable bonds is 3. The van der Waals surface area contributed by atoms with Crippen LogP contribution in [-0.4, -0.2) is 19.4 Å². The minimum atomic E-state index is 0.255. The lowest BCUT2D eigenvalue weighted by molar-refractivity contribution is -0.120. The molecule has 0 radical (unpaired) electrons. The van der Waals surface area contributed by atoms with Crippen LogP contribution in [0.4, 0.5) is 5.69 Å². The molecule has 0 amide bonds. The van der Waals surface area contributed by atoms with Crippen LogP contribution in [0.1, 0.15) is 24.8 Å². The minimum absolute atomic E-state index is 0.255. The minimum Gasteiger partial charge on any atom is -0.374 e. The molecule has 1 atom stereocenters. The summed E-state index contributed by atoms with van der Waals surface area (Å²) in [6.45, 7) is 2.96. The van der Waals surface area contributed by atoms with Gasteiger partial charge in [-0.05, 0) is 37.5 Å². The summed E-state index contributed by atoms with van der Waals surface area (Å²) < 4.78 is 0. The van der Waals surface area contributed by atoms with Crippen LogP contribution >= 0.6 is 0 Å². The van der Waals surface area contributed by atoms with Gasteiger partial charge >= 0.3 is 0 Å². The van der Waals surface area contributed by atoms with E-state index in [1.54, 1.807) is 0 Å². The Bertz CT molecular complexity index is 386. The highest BCUT2D eigenvalue weighted by atomic mass is 16.1. The Hall–Kier alpha value is -1.31. The number of nitrogens with zero attached hydrogens (tertiary/aromatic N) is 1. The number of ketones is 1. The van der Waals surface area contributed by atoms with E-state index in [0.717, 1.165) is 25.8 Å². The molecule has 1 aromatic carbocycles. The summed E-state index contributed by atoms with van der Waals surface area (Å²) in [6, 6.07) is 8.43. The van der Waals surface area contributed by atoms with E-state index in [1.165, 1.54) is 11.3 Å². The second-order valence-electron chi connectivity index (χ2n) is 4.77. The van der Waals surface area contributed by atoms with E-state index in [1.807, 2.05) is 0 Å². The fourth-order valence-corrected chi connectivity index (χ4v) is 2.38. The smallest absolute Gasteiger partial charge is 0.137 e. The van der Waals surface area contributed by atoms with E-state index < -0.39 is 0 Å². The SMILES string of the molecule is Cc1cccc(N(C)CC2CCCC2=O)c1. The number of carbonyl (C=O) groups excluding carboxylic acids is 1. The zero-order chi connectivity index (χ0) is 11.5. The second kappa shape index (κ2) is 4.69. The van der Waals surface area contributed by atoms with Crippen molar-refractivity contribution in [2.45, 2.75) is 26.2 Å². The lowest BCUT2D eigenvalue weighted by Gasteiger charge is -2.22. The third kappa shape index (κ3) is 2.43. The van der Waals surface area contributed by atoms with Gasteiger partial charge in [-0.3, -0.25) is 4.79 Å². The first kappa shape index (κ1) is 11.2. The van der Waals surface area contributed by atoms with Crippen LogP contribution in [0.3, 0.4) is 0 Å². The maximum atomic E-state index is 11.6. The normalized spacial score (nSPS) is 20.1. The molecule has 0 heterocycles. The van der Waals surface area contributed by atoms with Crippen molar-refractivity contribution in [2.75, 3.05) is 18.5 Å². The second-order valence-corrected chi connectivity index (χ2v) is 4.77. The molecular formula is C14H19NO. The van der Waals surface area contributed by atoms with Gasteiger partial charge in [0.15, 0.2) is 0 Å². The molecule has 0 aromatic heterocycles. The largest absolute Gasteiger partial charge is 0.374 e. The molecule has 0 bridgehead atoms. The molecule has 0 aliphatic heterocycles. The Kier molecular flexibility index (Phi) is 3.28. The van der Waals surface area contributed by atoms with Crippen LogP contribution in [0, 0.1) is 12.8 Å². The summed E-state index contributed by atoms with van der Waals surface area (Å²) in [5, 5.41) is 0. The first-order valence-corrected chi connectivity index (χ1v) is 5.97. The molecule has 0 spiro atoms. The molecule has 2 nitrogen and oxygen atoms in total. The number of aryl methyl sites for hydroxylation is 1. The van der Waals surface area contributed by atoms with Gasteiger partial charge in [0, 0.05) is 31.6 Å². The van der Waals surface area contributed by atoms with E-state index in [0.29, 0.717) is 5.78 Å². The van der Waals surface area contributed by atoms with E-state index in [2.05, 4.69) is 43.1 Å². The number of Topliss-reactive ketones (excluding diaryl/α,β-unsaturated/α-hetero) is 1. The molecule has 1 unspecified atom stereocenters. The summed E-state index contributed by atoms with van der Waals surface area (Å²) in [4.78, 5) is 13.8. The molecule has 86 valence electrons. The summed E-state index contributed by atoms with van der Waals surface area (Å²) in [5.74, 6) is 0.699. The van der Waals surface area contributed by atoms with E-state index in [4.69, 9.17) is 0 Å². The van der Waals surface area contributed by atoms with Gasteiger partial charge in [0.05, 0.1) is 0 Å². The number of anilines is 1. The molecule has 2 heteroatoms. The molecule has 2 rings (SSSR count). The summed E-state index contributed by atoms with van der Waals surface area (Å²) in [6.07, 6.45) is 2.92. The van der Waals surface area contributed by atoms with E-state index >= 15 is 0 Å². The van der Waals surface area contributed by atoms with Crippen molar-refractivity contribution in [3.05, 3.63) is 29.8 Å². The van der Waals surface area contributed by atoms with Gasteiger partial charge in [0.1, 0.15) is 5.78 Å². The van der Waals surface area contributed by atoms with Gasteiger partial charge in [-0.2, -0.15) is 0 Å². The third-order valence-corrected chi connectivity index (χ3v) is 3.37. The molecule has 0 N–H and O–H groups in total. The molecular weight excluding hydrogens is 198 g/mol. The molecule has 1 aliphatic carbocycles. The van der Waals surface area contributed by atoms with Crippen molar-refractivity contribution in [3.63, 3.8) is 0 Å². The Morgan fingerprint density at radius 1 is 1.44 bits per heavy atom. The van der Waals surface area contributed by atoms with Crippen molar-refractivity contribution in [2.24, 2.45) is 5.92 Å². The van der Waals surface area contributed by atoms with Crippen molar-refractivity contribution >= 4 is 11.5 Å². The zero-order valence-electron chi connectivity index (χ0n) is 10.1. The van der Waals surface area contributed by atoms with Crippen molar-refractivity contribution in [1.82, 2.24) is 0 Å². The van der Waals surface area contributed by atoms with Gasteiger partial charge in [-0.15, -0.1) is 0 Å². The Morgan fingerprint density at radius 2 is 2.25 bits per heavy atom. The van der Waals surface area contributed by atoms with Crippen LogP contribution in [0.25, 0.3) is 0 Å². The Morgan fingerprint density at radius 3 is 2.88 bits per heavy atom. The molecule has 1 aliphatic rings. The van der Waals surface area contributed by atoms with Crippen molar-refractivity contribution in [3.8, 4) is 0 Å². The van der Waals surface area contributed by atoms with Crippen molar-refractivity contribution in [1.29, 1.82) is 0 Å². The predicted molar refractivity (Wildman–Crippen MR) is 66.8 cm³/mol. The number of hydrogen-bond acceptors (Lipinski definition) is 2. The highest BCUT2D eigenvalue weighted by Crippen LogP contribution is 2.24. The van der Waals surface area contributed by atoms with Gasteiger partial charge in [-0.25, -0.2) is 0 Å². The van der Waals surface area contributed by atoms with Crippen LogP contribution in [0.15, 0.2) is 24.3 Å². The van der Waals surface area contributed by atoms with Gasteiger partial charge in [0.25, 0.3) is 0 Å². The molecule has 1 fully saturated rings. The van der Waals surface area contributed by atoms with Gasteiger partial charge < -0.3 is 4.90 Å². The summed E-state index contributed by atoms with van der Waals surface area (Å²) in [7, 11) is 2.07. The molecule has 1 aromatic rings. The lowest BCUT2D eigenvalue weighted by Crippen LogP contribution is -2.27. The highest BCUT2D eigenvalue weighted by molar-refractivity contribution is 5.83. The van der Waals surface area contributed by atoms with Crippen LogP contribution in [0.5, 0.6) is 0 Å². The monoisotopic (exact) mass is 217 g/mol.